The molecule has 26 heavy (non-hydrogen) atoms. The van der Waals surface area contributed by atoms with Gasteiger partial charge >= 0.3 is 0 Å². The highest BCUT2D eigenvalue weighted by molar-refractivity contribution is 5.35. The molecule has 4 radical (unpaired) electrons. The minimum atomic E-state index is 0.432. The first-order valence-corrected chi connectivity index (χ1v) is 7.85. The van der Waals surface area contributed by atoms with Gasteiger partial charge in [-0.3, -0.25) is 9.78 Å². The minimum Gasteiger partial charge on any atom is -0.281 e. The second-order valence-corrected chi connectivity index (χ2v) is 5.12. The second-order valence-electron chi connectivity index (χ2n) is 5.12. The predicted molar refractivity (Wildman–Crippen MR) is 94.8 cm³/mol. The van der Waals surface area contributed by atoms with Gasteiger partial charge in [-0.15, -0.1) is 0 Å². The van der Waals surface area contributed by atoms with Crippen molar-refractivity contribution in [2.75, 3.05) is 13.2 Å². The number of rotatable bonds is 6. The molecule has 4 heteroatoms. The van der Waals surface area contributed by atoms with Crippen molar-refractivity contribution in [1.29, 1.82) is 0 Å². The average molecular weight is 344 g/mol. The van der Waals surface area contributed by atoms with Crippen LogP contribution in [0.15, 0.2) is 0 Å². The molecule has 0 saturated heterocycles. The fraction of sp³-hybridized carbons (Fsp3) is 0.364. The first kappa shape index (κ1) is 20.9. The quantitative estimate of drug-likeness (QED) is 0.320. The van der Waals surface area contributed by atoms with E-state index in [9.17, 15) is 0 Å². The van der Waals surface area contributed by atoms with Gasteiger partial charge in [-0.2, -0.15) is 9.78 Å². The van der Waals surface area contributed by atoms with Crippen LogP contribution in [0.2, 0.25) is 0 Å². The van der Waals surface area contributed by atoms with Crippen molar-refractivity contribution in [3.05, 3.63) is 13.8 Å². The van der Waals surface area contributed by atoms with Crippen molar-refractivity contribution in [3.8, 4) is 71.4 Å². The zero-order chi connectivity index (χ0) is 18.7. The van der Waals surface area contributed by atoms with E-state index in [-0.39, 0.29) is 0 Å². The lowest BCUT2D eigenvalue weighted by molar-refractivity contribution is -0.253. The third kappa shape index (κ3) is 11.4. The molecule has 0 aromatic heterocycles. The Morgan fingerprint density at radius 2 is 0.962 bits per heavy atom. The Labute approximate surface area is 156 Å². The summed E-state index contributed by atoms with van der Waals surface area (Å²) in [6, 6.07) is 0. The molecule has 0 amide bonds. The van der Waals surface area contributed by atoms with Crippen molar-refractivity contribution in [1.82, 2.24) is 0 Å². The molecule has 0 aliphatic heterocycles. The van der Waals surface area contributed by atoms with E-state index in [1.165, 1.54) is 0 Å². The summed E-state index contributed by atoms with van der Waals surface area (Å²) in [4.78, 5) is 19.6. The SMILES string of the molecule is [CH]C#CC#CC#COOCC1CCC(COOC#CC#CC#C[CH])CC1. The summed E-state index contributed by atoms with van der Waals surface area (Å²) in [5.74, 6) is 24.5. The third-order valence-electron chi connectivity index (χ3n) is 3.40. The Hall–Kier alpha value is -3.12. The molecule has 1 rings (SSSR count). The van der Waals surface area contributed by atoms with Gasteiger partial charge in [-0.1, -0.05) is 11.8 Å². The maximum Gasteiger partial charge on any atom is 0.171 e. The molecule has 1 aliphatic carbocycles. The average Bonchev–Trinajstić information content (AvgIpc) is 2.67. The Kier molecular flexibility index (Phi) is 12.4. The lowest BCUT2D eigenvalue weighted by atomic mass is 9.83. The van der Waals surface area contributed by atoms with Crippen LogP contribution >= 0.6 is 0 Å². The molecule has 1 saturated carbocycles. The van der Waals surface area contributed by atoms with Crippen LogP contribution in [-0.2, 0) is 19.6 Å². The summed E-state index contributed by atoms with van der Waals surface area (Å²) in [7, 11) is 0. The first-order chi connectivity index (χ1) is 12.9. The van der Waals surface area contributed by atoms with Gasteiger partial charge < -0.3 is 0 Å². The van der Waals surface area contributed by atoms with Gasteiger partial charge in [0.2, 0.25) is 0 Å². The molecule has 0 spiro atoms. The Balaban J connectivity index is 2.08. The van der Waals surface area contributed by atoms with Crippen LogP contribution in [0.25, 0.3) is 0 Å². The molecule has 0 bridgehead atoms. The number of hydrogen-bond donors (Lipinski definition) is 0. The van der Waals surface area contributed by atoms with Crippen LogP contribution in [0.3, 0.4) is 0 Å². The lowest BCUT2D eigenvalue weighted by Gasteiger charge is -2.26. The standard InChI is InChI=1S/C22H16O4/c1-3-5-7-9-11-17-23-25-19-21-13-15-22(16-14-21)20-26-24-18-12-10-8-6-4-2/h1-2,21-22H,13-16,19-20H2. The van der Waals surface area contributed by atoms with E-state index in [0.29, 0.717) is 25.0 Å². The third-order valence-corrected chi connectivity index (χ3v) is 3.40. The molecule has 128 valence electrons. The van der Waals surface area contributed by atoms with Crippen LogP contribution in [0.5, 0.6) is 0 Å². The van der Waals surface area contributed by atoms with Crippen LogP contribution in [-0.4, -0.2) is 13.2 Å². The molecule has 0 unspecified atom stereocenters. The summed E-state index contributed by atoms with van der Waals surface area (Å²) in [6.45, 7) is 10.9. The summed E-state index contributed by atoms with van der Waals surface area (Å²) in [5, 5.41) is 0. The molecule has 4 nitrogen and oxygen atoms in total. The zero-order valence-electron chi connectivity index (χ0n) is 14.2. The molecule has 0 aromatic rings. The minimum absolute atomic E-state index is 0.432. The predicted octanol–water partition coefficient (Wildman–Crippen LogP) is 2.05. The van der Waals surface area contributed by atoms with Crippen LogP contribution in [0, 0.1) is 97.1 Å². The molecule has 0 heterocycles. The topological polar surface area (TPSA) is 36.9 Å². The molecular weight excluding hydrogens is 328 g/mol. The van der Waals surface area contributed by atoms with E-state index in [2.05, 4.69) is 71.4 Å². The van der Waals surface area contributed by atoms with Crippen molar-refractivity contribution in [2.24, 2.45) is 11.8 Å². The fourth-order valence-electron chi connectivity index (χ4n) is 2.17. The Bertz CT molecular complexity index is 711. The summed E-state index contributed by atoms with van der Waals surface area (Å²) in [5.41, 5.74) is 0. The van der Waals surface area contributed by atoms with E-state index in [1.807, 2.05) is 0 Å². The summed E-state index contributed by atoms with van der Waals surface area (Å²) < 4.78 is 0. The maximum atomic E-state index is 5.06. The van der Waals surface area contributed by atoms with Crippen molar-refractivity contribution in [2.45, 2.75) is 25.7 Å². The van der Waals surface area contributed by atoms with Gasteiger partial charge in [0.05, 0.1) is 27.1 Å². The first-order valence-electron chi connectivity index (χ1n) is 7.85. The summed E-state index contributed by atoms with van der Waals surface area (Å²) in [6.07, 6.45) is 8.72. The van der Waals surface area contributed by atoms with Gasteiger partial charge in [-0.05, 0) is 61.2 Å². The van der Waals surface area contributed by atoms with E-state index in [0.717, 1.165) is 25.7 Å². The van der Waals surface area contributed by atoms with Gasteiger partial charge in [0.1, 0.15) is 0 Å². The van der Waals surface area contributed by atoms with Gasteiger partial charge in [0, 0.05) is 23.7 Å². The molecule has 0 atom stereocenters. The van der Waals surface area contributed by atoms with Gasteiger partial charge in [-0.25, -0.2) is 0 Å². The largest absolute Gasteiger partial charge is 0.281 e. The lowest BCUT2D eigenvalue weighted by Crippen LogP contribution is -2.21. The molecule has 1 fully saturated rings. The monoisotopic (exact) mass is 344 g/mol. The van der Waals surface area contributed by atoms with Crippen molar-refractivity contribution < 1.29 is 19.6 Å². The van der Waals surface area contributed by atoms with E-state index >= 15 is 0 Å². The maximum absolute atomic E-state index is 5.06. The molecule has 1 aliphatic rings. The van der Waals surface area contributed by atoms with Crippen LogP contribution in [0.1, 0.15) is 25.7 Å². The highest BCUT2D eigenvalue weighted by Crippen LogP contribution is 2.29. The Morgan fingerprint density at radius 1 is 0.577 bits per heavy atom. The molecule has 0 N–H and O–H groups in total. The Morgan fingerprint density at radius 3 is 1.35 bits per heavy atom. The second kappa shape index (κ2) is 15.4. The number of hydrogen-bond acceptors (Lipinski definition) is 4. The van der Waals surface area contributed by atoms with Gasteiger partial charge in [0.25, 0.3) is 0 Å². The van der Waals surface area contributed by atoms with E-state index in [1.54, 1.807) is 0 Å². The molecular formula is C22H16O4. The van der Waals surface area contributed by atoms with Crippen molar-refractivity contribution >= 4 is 0 Å². The van der Waals surface area contributed by atoms with Crippen molar-refractivity contribution in [3.63, 3.8) is 0 Å². The smallest absolute Gasteiger partial charge is 0.171 e. The highest BCUT2D eigenvalue weighted by atomic mass is 17.2. The van der Waals surface area contributed by atoms with E-state index < -0.39 is 0 Å². The molecule has 0 aromatic carbocycles. The van der Waals surface area contributed by atoms with Gasteiger partial charge in [0.15, 0.2) is 12.2 Å². The highest BCUT2D eigenvalue weighted by Gasteiger charge is 2.22. The van der Waals surface area contributed by atoms with Crippen LogP contribution < -0.4 is 0 Å². The normalized spacial score (nSPS) is 16.5. The fourth-order valence-corrected chi connectivity index (χ4v) is 2.17. The summed E-state index contributed by atoms with van der Waals surface area (Å²) >= 11 is 0. The van der Waals surface area contributed by atoms with E-state index in [4.69, 9.17) is 33.4 Å². The zero-order valence-corrected chi connectivity index (χ0v) is 14.2. The van der Waals surface area contributed by atoms with Crippen LogP contribution in [0.4, 0.5) is 0 Å².